The Morgan fingerprint density at radius 3 is 2.86 bits per heavy atom. The van der Waals surface area contributed by atoms with Crippen molar-refractivity contribution in [2.45, 2.75) is 32.0 Å². The summed E-state index contributed by atoms with van der Waals surface area (Å²) in [6.45, 7) is 0.220. The van der Waals surface area contributed by atoms with Gasteiger partial charge in [-0.25, -0.2) is 4.98 Å². The van der Waals surface area contributed by atoms with Crippen LogP contribution in [0.2, 0.25) is 0 Å². The van der Waals surface area contributed by atoms with Crippen molar-refractivity contribution < 1.29 is 22.5 Å². The van der Waals surface area contributed by atoms with Crippen molar-refractivity contribution in [1.82, 2.24) is 9.55 Å². The Hall–Kier alpha value is -2.96. The number of hydrogen-bond donors (Lipinski definition) is 0. The van der Waals surface area contributed by atoms with Gasteiger partial charge in [-0.2, -0.15) is 17.7 Å². The number of fused-ring (bicyclic) bond motifs is 2. The Balaban J connectivity index is 1.48. The van der Waals surface area contributed by atoms with E-state index in [1.54, 1.807) is 0 Å². The lowest BCUT2D eigenvalue weighted by Crippen LogP contribution is -2.34. The molecule has 0 fully saturated rings. The third kappa shape index (κ3) is 2.65. The number of rotatable bonds is 3. The first-order valence-corrected chi connectivity index (χ1v) is 9.20. The predicted molar refractivity (Wildman–Crippen MR) is 97.0 cm³/mol. The summed E-state index contributed by atoms with van der Waals surface area (Å²) in [7, 11) is 0. The van der Waals surface area contributed by atoms with Gasteiger partial charge in [-0.3, -0.25) is 4.79 Å². The lowest BCUT2D eigenvalue weighted by atomic mass is 9.83. The first kappa shape index (κ1) is 17.2. The fraction of sp³-hybridized carbons (Fsp3) is 0.286. The van der Waals surface area contributed by atoms with Crippen LogP contribution in [0.25, 0.3) is 22.2 Å². The fourth-order valence-corrected chi connectivity index (χ4v) is 4.41. The molecule has 0 unspecified atom stereocenters. The van der Waals surface area contributed by atoms with Gasteiger partial charge in [0, 0.05) is 42.7 Å². The highest BCUT2D eigenvalue weighted by Crippen LogP contribution is 2.40. The van der Waals surface area contributed by atoms with E-state index in [0.717, 1.165) is 22.2 Å². The standard InChI is InChI=1S/C21H17F3N3O/c22-21(23,24)11-17-25-8-10-26(17)12-14-6-7-16-18(20(14)28)15-5-1-3-13-4-2-9-27(16)19(13)15/h1-5,8-10,14H,6-7,11-12H2/q+1/t14-/m1/s1. The molecule has 1 aromatic carbocycles. The van der Waals surface area contributed by atoms with Gasteiger partial charge in [0.05, 0.1) is 11.1 Å². The number of aromatic nitrogens is 3. The van der Waals surface area contributed by atoms with Gasteiger partial charge in [0.15, 0.2) is 17.7 Å². The number of alkyl halides is 3. The number of hydrogen-bond acceptors (Lipinski definition) is 2. The minimum atomic E-state index is -4.32. The van der Waals surface area contributed by atoms with E-state index >= 15 is 0 Å². The minimum Gasteiger partial charge on any atom is -0.334 e. The second-order valence-electron chi connectivity index (χ2n) is 7.33. The highest BCUT2D eigenvalue weighted by atomic mass is 19.4. The predicted octanol–water partition coefficient (Wildman–Crippen LogP) is 3.79. The number of nitrogens with zero attached hydrogens (tertiary/aromatic N) is 3. The molecule has 0 spiro atoms. The second kappa shape index (κ2) is 6.02. The van der Waals surface area contributed by atoms with Crippen LogP contribution in [-0.4, -0.2) is 21.5 Å². The molecule has 4 nitrogen and oxygen atoms in total. The molecular formula is C21H17F3N3O+. The normalized spacial score (nSPS) is 18.8. The molecule has 28 heavy (non-hydrogen) atoms. The second-order valence-corrected chi connectivity index (χ2v) is 7.33. The molecule has 2 aromatic heterocycles. The number of ketones is 1. The molecule has 1 aliphatic heterocycles. The Bertz CT molecular complexity index is 1140. The van der Waals surface area contributed by atoms with Crippen molar-refractivity contribution in [2.75, 3.05) is 0 Å². The fourth-order valence-electron chi connectivity index (χ4n) is 4.41. The molecule has 0 saturated carbocycles. The summed E-state index contributed by atoms with van der Waals surface area (Å²) in [6.07, 6.45) is 0.771. The van der Waals surface area contributed by atoms with Crippen LogP contribution in [0.5, 0.6) is 0 Å². The molecule has 0 amide bonds. The zero-order valence-electron chi connectivity index (χ0n) is 14.9. The quantitative estimate of drug-likeness (QED) is 0.645. The van der Waals surface area contributed by atoms with E-state index in [0.29, 0.717) is 18.4 Å². The first-order chi connectivity index (χ1) is 13.4. The van der Waals surface area contributed by atoms with Crippen molar-refractivity contribution in [2.24, 2.45) is 5.92 Å². The number of Topliss-reactive ketones (excluding diaryl/α,β-unsaturated/α-hetero) is 1. The zero-order valence-corrected chi connectivity index (χ0v) is 14.9. The number of carbonyl (C=O) groups is 1. The van der Waals surface area contributed by atoms with Gasteiger partial charge >= 0.3 is 6.18 Å². The highest BCUT2D eigenvalue weighted by molar-refractivity contribution is 6.30. The SMILES string of the molecule is O=C1C2=C(CC[C@@H]1Cn1ccnc1CC(F)(F)F)[n+]1cccc3cccc2c31. The third-order valence-electron chi connectivity index (χ3n) is 5.59. The molecule has 0 bridgehead atoms. The van der Waals surface area contributed by atoms with Crippen LogP contribution < -0.4 is 4.57 Å². The van der Waals surface area contributed by atoms with E-state index in [-0.39, 0.29) is 24.1 Å². The number of pyridine rings is 1. The highest BCUT2D eigenvalue weighted by Gasteiger charge is 2.42. The molecule has 5 rings (SSSR count). The molecule has 0 radical (unpaired) electrons. The average Bonchev–Trinajstić information content (AvgIpc) is 3.21. The molecule has 0 saturated heterocycles. The van der Waals surface area contributed by atoms with E-state index in [9.17, 15) is 18.0 Å². The monoisotopic (exact) mass is 384 g/mol. The molecule has 0 N–H and O–H groups in total. The summed E-state index contributed by atoms with van der Waals surface area (Å²) in [5.41, 5.74) is 3.66. The van der Waals surface area contributed by atoms with Gasteiger partial charge in [-0.15, -0.1) is 0 Å². The van der Waals surface area contributed by atoms with Crippen LogP contribution in [0.1, 0.15) is 24.2 Å². The minimum absolute atomic E-state index is 0.00380. The summed E-state index contributed by atoms with van der Waals surface area (Å²) < 4.78 is 41.9. The van der Waals surface area contributed by atoms with E-state index in [1.165, 1.54) is 17.0 Å². The molecule has 7 heteroatoms. The summed E-state index contributed by atoms with van der Waals surface area (Å²) >= 11 is 0. The molecule has 142 valence electrons. The van der Waals surface area contributed by atoms with E-state index in [4.69, 9.17) is 0 Å². The van der Waals surface area contributed by atoms with E-state index < -0.39 is 12.6 Å². The lowest BCUT2D eigenvalue weighted by Gasteiger charge is -2.21. The van der Waals surface area contributed by atoms with Gasteiger partial charge in [0.1, 0.15) is 12.2 Å². The number of halogens is 3. The zero-order chi connectivity index (χ0) is 19.5. The Morgan fingerprint density at radius 2 is 2.04 bits per heavy atom. The van der Waals surface area contributed by atoms with E-state index in [2.05, 4.69) is 9.55 Å². The van der Waals surface area contributed by atoms with Crippen LogP contribution in [0, 0.1) is 5.92 Å². The third-order valence-corrected chi connectivity index (χ3v) is 5.59. The van der Waals surface area contributed by atoms with Crippen LogP contribution in [0.4, 0.5) is 13.2 Å². The number of para-hydroxylation sites is 1. The summed E-state index contributed by atoms with van der Waals surface area (Å²) in [5, 5.41) is 1.07. The summed E-state index contributed by atoms with van der Waals surface area (Å²) in [5.74, 6) is -0.402. The Kier molecular flexibility index (Phi) is 3.69. The Morgan fingerprint density at radius 1 is 1.21 bits per heavy atom. The maximum Gasteiger partial charge on any atom is 0.396 e. The molecule has 3 heterocycles. The van der Waals surface area contributed by atoms with Gasteiger partial charge < -0.3 is 4.57 Å². The van der Waals surface area contributed by atoms with Crippen LogP contribution in [0.15, 0.2) is 48.9 Å². The van der Waals surface area contributed by atoms with Crippen molar-refractivity contribution in [3.63, 3.8) is 0 Å². The Labute approximate surface area is 158 Å². The van der Waals surface area contributed by atoms with Crippen molar-refractivity contribution >= 4 is 28.0 Å². The molecular weight excluding hydrogens is 367 g/mol. The van der Waals surface area contributed by atoms with Gasteiger partial charge in [0.2, 0.25) is 5.52 Å². The molecule has 2 aliphatic rings. The van der Waals surface area contributed by atoms with Crippen molar-refractivity contribution in [3.05, 3.63) is 60.3 Å². The van der Waals surface area contributed by atoms with Crippen LogP contribution in [-0.2, 0) is 17.8 Å². The lowest BCUT2D eigenvalue weighted by molar-refractivity contribution is -0.551. The summed E-state index contributed by atoms with van der Waals surface area (Å²) in [4.78, 5) is 17.1. The molecule has 1 atom stereocenters. The maximum atomic E-state index is 13.3. The van der Waals surface area contributed by atoms with Gasteiger partial charge in [0.25, 0.3) is 0 Å². The number of allylic oxidation sites excluding steroid dienone is 2. The number of carbonyl (C=O) groups excluding carboxylic acids is 1. The van der Waals surface area contributed by atoms with Crippen molar-refractivity contribution in [1.29, 1.82) is 0 Å². The molecule has 1 aliphatic carbocycles. The van der Waals surface area contributed by atoms with E-state index in [1.807, 2.05) is 36.5 Å². The molecule has 3 aromatic rings. The van der Waals surface area contributed by atoms with Gasteiger partial charge in [-0.1, -0.05) is 6.07 Å². The summed E-state index contributed by atoms with van der Waals surface area (Å²) in [6, 6.07) is 9.89. The number of imidazole rings is 1. The van der Waals surface area contributed by atoms with Crippen molar-refractivity contribution in [3.8, 4) is 0 Å². The topological polar surface area (TPSA) is 38.8 Å². The van der Waals surface area contributed by atoms with Crippen LogP contribution >= 0.6 is 0 Å². The maximum absolute atomic E-state index is 13.3. The van der Waals surface area contributed by atoms with Crippen LogP contribution in [0.3, 0.4) is 0 Å². The smallest absolute Gasteiger partial charge is 0.334 e. The average molecular weight is 384 g/mol. The van der Waals surface area contributed by atoms with Gasteiger partial charge in [-0.05, 0) is 24.6 Å². The first-order valence-electron chi connectivity index (χ1n) is 9.20. The number of benzene rings is 1. The largest absolute Gasteiger partial charge is 0.396 e.